The van der Waals surface area contributed by atoms with Crippen molar-refractivity contribution in [3.63, 3.8) is 0 Å². The molecule has 0 heterocycles. The SMILES string of the molecule is C=C(C)C(=O)SCC(=O)OCCOC(=O)C(C)(C)CC. The van der Waals surface area contributed by atoms with Gasteiger partial charge in [-0.25, -0.2) is 0 Å². The van der Waals surface area contributed by atoms with Crippen molar-refractivity contribution in [3.05, 3.63) is 12.2 Å². The molecule has 0 rings (SSSR count). The number of carbonyl (C=O) groups is 3. The summed E-state index contributed by atoms with van der Waals surface area (Å²) < 4.78 is 9.86. The highest BCUT2D eigenvalue weighted by atomic mass is 32.2. The molecule has 0 amide bonds. The molecule has 0 aromatic carbocycles. The van der Waals surface area contributed by atoms with E-state index in [1.807, 2.05) is 6.92 Å². The Bertz CT molecular complexity index is 387. The van der Waals surface area contributed by atoms with Crippen LogP contribution < -0.4 is 0 Å². The van der Waals surface area contributed by atoms with Crippen molar-refractivity contribution < 1.29 is 23.9 Å². The molecule has 0 radical (unpaired) electrons. The Morgan fingerprint density at radius 3 is 2.20 bits per heavy atom. The van der Waals surface area contributed by atoms with E-state index in [4.69, 9.17) is 9.47 Å². The lowest BCUT2D eigenvalue weighted by Gasteiger charge is -2.20. The summed E-state index contributed by atoms with van der Waals surface area (Å²) >= 11 is 0.844. The van der Waals surface area contributed by atoms with E-state index < -0.39 is 11.4 Å². The molecule has 6 heteroatoms. The number of ether oxygens (including phenoxy) is 2. The molecule has 0 aliphatic carbocycles. The maximum atomic E-state index is 11.6. The van der Waals surface area contributed by atoms with E-state index in [1.165, 1.54) is 0 Å². The lowest BCUT2D eigenvalue weighted by Crippen LogP contribution is -2.27. The van der Waals surface area contributed by atoms with E-state index >= 15 is 0 Å². The predicted molar refractivity (Wildman–Crippen MR) is 78.3 cm³/mol. The van der Waals surface area contributed by atoms with Crippen molar-refractivity contribution in [1.29, 1.82) is 0 Å². The van der Waals surface area contributed by atoms with Crippen LogP contribution in [0.1, 0.15) is 34.1 Å². The summed E-state index contributed by atoms with van der Waals surface area (Å²) in [5, 5.41) is -0.238. The van der Waals surface area contributed by atoms with Crippen LogP contribution in [-0.4, -0.2) is 36.0 Å². The topological polar surface area (TPSA) is 69.7 Å². The Balaban J connectivity index is 3.81. The van der Waals surface area contributed by atoms with Gasteiger partial charge in [-0.05, 0) is 32.8 Å². The first-order valence-corrected chi connectivity index (χ1v) is 7.34. The van der Waals surface area contributed by atoms with Crippen LogP contribution in [0.3, 0.4) is 0 Å². The molecule has 0 atom stereocenters. The van der Waals surface area contributed by atoms with E-state index in [0.717, 1.165) is 11.8 Å². The first-order chi connectivity index (χ1) is 9.20. The zero-order valence-corrected chi connectivity index (χ0v) is 13.3. The zero-order chi connectivity index (χ0) is 15.8. The second-order valence-corrected chi connectivity index (χ2v) is 5.90. The second-order valence-electron chi connectivity index (χ2n) is 4.95. The number of hydrogen-bond donors (Lipinski definition) is 0. The summed E-state index contributed by atoms with van der Waals surface area (Å²) in [5.41, 5.74) is -0.146. The van der Waals surface area contributed by atoms with E-state index in [0.29, 0.717) is 12.0 Å². The highest BCUT2D eigenvalue weighted by molar-refractivity contribution is 8.14. The molecular weight excluding hydrogens is 280 g/mol. The maximum Gasteiger partial charge on any atom is 0.316 e. The molecule has 0 aromatic heterocycles. The van der Waals surface area contributed by atoms with E-state index in [-0.39, 0.29) is 30.1 Å². The van der Waals surface area contributed by atoms with Crippen molar-refractivity contribution in [2.75, 3.05) is 19.0 Å². The van der Waals surface area contributed by atoms with Crippen molar-refractivity contribution in [1.82, 2.24) is 0 Å². The molecule has 5 nitrogen and oxygen atoms in total. The van der Waals surface area contributed by atoms with Crippen molar-refractivity contribution in [2.24, 2.45) is 5.41 Å². The van der Waals surface area contributed by atoms with Crippen LogP contribution >= 0.6 is 11.8 Å². The van der Waals surface area contributed by atoms with Gasteiger partial charge in [0.05, 0.1) is 11.2 Å². The third kappa shape index (κ3) is 7.33. The molecule has 0 aliphatic heterocycles. The molecule has 114 valence electrons. The van der Waals surface area contributed by atoms with Crippen LogP contribution in [0.15, 0.2) is 12.2 Å². The second kappa shape index (κ2) is 8.79. The first-order valence-electron chi connectivity index (χ1n) is 6.36. The van der Waals surface area contributed by atoms with Crippen LogP contribution in [0.25, 0.3) is 0 Å². The molecule has 0 N–H and O–H groups in total. The van der Waals surface area contributed by atoms with Crippen LogP contribution in [0, 0.1) is 5.41 Å². The van der Waals surface area contributed by atoms with Gasteiger partial charge in [0, 0.05) is 0 Å². The largest absolute Gasteiger partial charge is 0.462 e. The Kier molecular flexibility index (Phi) is 8.22. The van der Waals surface area contributed by atoms with Gasteiger partial charge in [0.15, 0.2) is 0 Å². The van der Waals surface area contributed by atoms with Crippen LogP contribution in [0.2, 0.25) is 0 Å². The fraction of sp³-hybridized carbons (Fsp3) is 0.643. The quantitative estimate of drug-likeness (QED) is 0.389. The Hall–Kier alpha value is -1.30. The van der Waals surface area contributed by atoms with Crippen LogP contribution in [0.4, 0.5) is 0 Å². The molecule has 0 aromatic rings. The summed E-state index contributed by atoms with van der Waals surface area (Å²) in [4.78, 5) is 34.1. The molecule has 0 spiro atoms. The Morgan fingerprint density at radius 1 is 1.15 bits per heavy atom. The molecular formula is C14H22O5S. The van der Waals surface area contributed by atoms with Crippen molar-refractivity contribution in [2.45, 2.75) is 34.1 Å². The van der Waals surface area contributed by atoms with Gasteiger partial charge in [-0.15, -0.1) is 0 Å². The van der Waals surface area contributed by atoms with Crippen LogP contribution in [0.5, 0.6) is 0 Å². The zero-order valence-electron chi connectivity index (χ0n) is 12.5. The third-order valence-corrected chi connectivity index (χ3v) is 3.68. The van der Waals surface area contributed by atoms with E-state index in [2.05, 4.69) is 6.58 Å². The Morgan fingerprint density at radius 2 is 1.70 bits per heavy atom. The number of thioether (sulfide) groups is 1. The molecule has 0 saturated carbocycles. The Labute approximate surface area is 124 Å². The smallest absolute Gasteiger partial charge is 0.316 e. The van der Waals surface area contributed by atoms with Crippen molar-refractivity contribution in [3.8, 4) is 0 Å². The van der Waals surface area contributed by atoms with Gasteiger partial charge < -0.3 is 9.47 Å². The normalized spacial score (nSPS) is 10.8. The first kappa shape index (κ1) is 18.7. The molecule has 0 bridgehead atoms. The van der Waals surface area contributed by atoms with Gasteiger partial charge in [0.25, 0.3) is 0 Å². The lowest BCUT2D eigenvalue weighted by atomic mass is 9.91. The van der Waals surface area contributed by atoms with Gasteiger partial charge in [0.1, 0.15) is 13.2 Å². The number of carbonyl (C=O) groups excluding carboxylic acids is 3. The minimum absolute atomic E-state index is 0.00775. The molecule has 0 fully saturated rings. The number of esters is 2. The van der Waals surface area contributed by atoms with Gasteiger partial charge >= 0.3 is 11.9 Å². The summed E-state index contributed by atoms with van der Waals surface area (Å²) in [7, 11) is 0. The average Bonchev–Trinajstić information content (AvgIpc) is 2.40. The minimum Gasteiger partial charge on any atom is -0.462 e. The standard InChI is InChI=1S/C14H22O5S/c1-6-14(4,5)13(17)19-8-7-18-11(15)9-20-12(16)10(2)3/h2,6-9H2,1,3-5H3. The predicted octanol–water partition coefficient (Wildman–Crippen LogP) is 2.34. The number of rotatable bonds is 8. The van der Waals surface area contributed by atoms with Gasteiger partial charge in [-0.2, -0.15) is 0 Å². The molecule has 0 unspecified atom stereocenters. The van der Waals surface area contributed by atoms with E-state index in [1.54, 1.807) is 20.8 Å². The van der Waals surface area contributed by atoms with E-state index in [9.17, 15) is 14.4 Å². The van der Waals surface area contributed by atoms with Gasteiger partial charge in [-0.3, -0.25) is 14.4 Å². The number of hydrogen-bond acceptors (Lipinski definition) is 6. The summed E-state index contributed by atoms with van der Waals surface area (Å²) in [6.07, 6.45) is 0.672. The lowest BCUT2D eigenvalue weighted by molar-refractivity contribution is -0.158. The third-order valence-electron chi connectivity index (χ3n) is 2.69. The fourth-order valence-corrected chi connectivity index (χ4v) is 1.50. The summed E-state index contributed by atoms with van der Waals surface area (Å²) in [6.45, 7) is 10.6. The molecule has 0 saturated heterocycles. The summed E-state index contributed by atoms with van der Waals surface area (Å²) in [5.74, 6) is -0.904. The highest BCUT2D eigenvalue weighted by Crippen LogP contribution is 2.21. The minimum atomic E-state index is -0.534. The monoisotopic (exact) mass is 302 g/mol. The fourth-order valence-electron chi connectivity index (χ4n) is 0.919. The van der Waals surface area contributed by atoms with Crippen LogP contribution in [-0.2, 0) is 23.9 Å². The highest BCUT2D eigenvalue weighted by Gasteiger charge is 2.26. The van der Waals surface area contributed by atoms with Gasteiger partial charge in [-0.1, -0.05) is 25.3 Å². The molecule has 0 aliphatic rings. The average molecular weight is 302 g/mol. The molecule has 20 heavy (non-hydrogen) atoms. The van der Waals surface area contributed by atoms with Gasteiger partial charge in [0.2, 0.25) is 5.12 Å². The maximum absolute atomic E-state index is 11.6. The summed E-state index contributed by atoms with van der Waals surface area (Å²) in [6, 6.07) is 0. The van der Waals surface area contributed by atoms with Crippen molar-refractivity contribution >= 4 is 28.8 Å².